The van der Waals surface area contributed by atoms with Gasteiger partial charge in [-0.3, -0.25) is 0 Å². The summed E-state index contributed by atoms with van der Waals surface area (Å²) in [5.41, 5.74) is 1.34. The minimum Gasteiger partial charge on any atom is -0.323 e. The van der Waals surface area contributed by atoms with E-state index < -0.39 is 7.14 Å². The molecule has 0 unspecified atom stereocenters. The van der Waals surface area contributed by atoms with Crippen LogP contribution in [-0.2, 0) is 4.57 Å². The lowest BCUT2D eigenvalue weighted by Gasteiger charge is -2.09. The highest BCUT2D eigenvalue weighted by Crippen LogP contribution is 2.51. The molecule has 0 saturated carbocycles. The molecule has 1 atom stereocenters. The fourth-order valence-corrected chi connectivity index (χ4v) is 4.57. The SMILES string of the molecule is CCCC[P@]1(=O)CC=C(C)C1. The van der Waals surface area contributed by atoms with Crippen molar-refractivity contribution in [3.8, 4) is 0 Å². The summed E-state index contributed by atoms with van der Waals surface area (Å²) in [5, 5.41) is 0. The minimum atomic E-state index is -1.74. The molecular weight excluding hydrogens is 155 g/mol. The molecule has 0 aromatic rings. The van der Waals surface area contributed by atoms with Crippen LogP contribution in [0.4, 0.5) is 0 Å². The van der Waals surface area contributed by atoms with Crippen molar-refractivity contribution in [3.63, 3.8) is 0 Å². The third-order valence-corrected chi connectivity index (χ3v) is 5.28. The lowest BCUT2D eigenvalue weighted by atomic mass is 10.3. The quantitative estimate of drug-likeness (QED) is 0.472. The molecule has 0 radical (unpaired) electrons. The molecule has 0 bridgehead atoms. The van der Waals surface area contributed by atoms with Crippen LogP contribution in [0.3, 0.4) is 0 Å². The maximum absolute atomic E-state index is 11.9. The van der Waals surface area contributed by atoms with Gasteiger partial charge in [0.25, 0.3) is 0 Å². The molecule has 2 heteroatoms. The van der Waals surface area contributed by atoms with Crippen LogP contribution in [0.25, 0.3) is 0 Å². The second-order valence-corrected chi connectivity index (χ2v) is 6.77. The minimum absolute atomic E-state index is 0.874. The Morgan fingerprint density at radius 2 is 2.36 bits per heavy atom. The van der Waals surface area contributed by atoms with E-state index in [0.29, 0.717) is 0 Å². The zero-order chi connectivity index (χ0) is 8.32. The number of hydrogen-bond acceptors (Lipinski definition) is 1. The van der Waals surface area contributed by atoms with Gasteiger partial charge >= 0.3 is 0 Å². The van der Waals surface area contributed by atoms with Gasteiger partial charge in [-0.25, -0.2) is 0 Å². The Bertz CT molecular complexity index is 206. The largest absolute Gasteiger partial charge is 0.323 e. The van der Waals surface area contributed by atoms with Crippen LogP contribution < -0.4 is 0 Å². The maximum Gasteiger partial charge on any atom is 0.0951 e. The highest BCUT2D eigenvalue weighted by molar-refractivity contribution is 7.64. The summed E-state index contributed by atoms with van der Waals surface area (Å²) in [6.07, 6.45) is 7.20. The molecule has 0 N–H and O–H groups in total. The first-order valence-electron chi connectivity index (χ1n) is 4.39. The molecular formula is C9H17OP. The van der Waals surface area contributed by atoms with E-state index in [2.05, 4.69) is 19.9 Å². The molecule has 0 amide bonds. The van der Waals surface area contributed by atoms with Crippen LogP contribution in [0.15, 0.2) is 11.6 Å². The molecule has 0 saturated heterocycles. The van der Waals surface area contributed by atoms with Crippen molar-refractivity contribution >= 4 is 7.14 Å². The molecule has 1 nitrogen and oxygen atoms in total. The molecule has 0 aromatic heterocycles. The van der Waals surface area contributed by atoms with Crippen LogP contribution in [0.5, 0.6) is 0 Å². The predicted molar refractivity (Wildman–Crippen MR) is 50.9 cm³/mol. The van der Waals surface area contributed by atoms with E-state index in [1.165, 1.54) is 12.0 Å². The first-order valence-corrected chi connectivity index (χ1v) is 6.65. The van der Waals surface area contributed by atoms with E-state index in [9.17, 15) is 4.57 Å². The van der Waals surface area contributed by atoms with Crippen molar-refractivity contribution in [3.05, 3.63) is 11.6 Å². The number of hydrogen-bond donors (Lipinski definition) is 0. The number of rotatable bonds is 3. The summed E-state index contributed by atoms with van der Waals surface area (Å²) >= 11 is 0. The molecule has 1 rings (SSSR count). The van der Waals surface area contributed by atoms with Crippen molar-refractivity contribution in [2.45, 2.75) is 26.7 Å². The third kappa shape index (κ3) is 2.48. The third-order valence-electron chi connectivity index (χ3n) is 2.23. The summed E-state index contributed by atoms with van der Waals surface area (Å²) in [4.78, 5) is 0. The Balaban J connectivity index is 2.40. The van der Waals surface area contributed by atoms with E-state index in [1.54, 1.807) is 0 Å². The van der Waals surface area contributed by atoms with Gasteiger partial charge in [-0.05, 0) is 13.3 Å². The molecule has 0 aliphatic carbocycles. The van der Waals surface area contributed by atoms with Crippen LogP contribution in [0.1, 0.15) is 26.7 Å². The number of allylic oxidation sites excluding steroid dienone is 2. The Morgan fingerprint density at radius 3 is 2.82 bits per heavy atom. The van der Waals surface area contributed by atoms with Gasteiger partial charge in [0.15, 0.2) is 0 Å². The molecule has 64 valence electrons. The second kappa shape index (κ2) is 3.58. The average molecular weight is 172 g/mol. The number of unbranched alkanes of at least 4 members (excludes halogenated alkanes) is 1. The smallest absolute Gasteiger partial charge is 0.0951 e. The van der Waals surface area contributed by atoms with Gasteiger partial charge in [0, 0.05) is 18.5 Å². The van der Waals surface area contributed by atoms with Crippen LogP contribution in [0.2, 0.25) is 0 Å². The van der Waals surface area contributed by atoms with Gasteiger partial charge in [-0.2, -0.15) is 0 Å². The molecule has 0 fully saturated rings. The summed E-state index contributed by atoms with van der Waals surface area (Å²) in [5.74, 6) is 0. The fraction of sp³-hybridized carbons (Fsp3) is 0.778. The zero-order valence-corrected chi connectivity index (χ0v) is 8.36. The highest BCUT2D eigenvalue weighted by Gasteiger charge is 2.24. The Labute approximate surface area is 69.3 Å². The molecule has 0 aromatic carbocycles. The summed E-state index contributed by atoms with van der Waals surface area (Å²) < 4.78 is 11.9. The van der Waals surface area contributed by atoms with Gasteiger partial charge in [0.2, 0.25) is 0 Å². The van der Waals surface area contributed by atoms with E-state index in [-0.39, 0.29) is 0 Å². The van der Waals surface area contributed by atoms with E-state index in [0.717, 1.165) is 24.9 Å². The normalized spacial score (nSPS) is 30.5. The topological polar surface area (TPSA) is 17.1 Å². The fourth-order valence-electron chi connectivity index (χ4n) is 1.52. The lowest BCUT2D eigenvalue weighted by molar-refractivity contribution is 0.577. The Hall–Kier alpha value is -0.0300. The monoisotopic (exact) mass is 172 g/mol. The van der Waals surface area contributed by atoms with Crippen molar-refractivity contribution in [2.24, 2.45) is 0 Å². The van der Waals surface area contributed by atoms with E-state index in [4.69, 9.17) is 0 Å². The first-order chi connectivity index (χ1) is 5.16. The van der Waals surface area contributed by atoms with E-state index in [1.807, 2.05) is 0 Å². The van der Waals surface area contributed by atoms with E-state index >= 15 is 0 Å². The van der Waals surface area contributed by atoms with Crippen LogP contribution in [-0.4, -0.2) is 18.5 Å². The Kier molecular flexibility index (Phi) is 2.95. The van der Waals surface area contributed by atoms with Gasteiger partial charge in [-0.1, -0.05) is 25.0 Å². The van der Waals surface area contributed by atoms with Crippen molar-refractivity contribution in [1.29, 1.82) is 0 Å². The zero-order valence-electron chi connectivity index (χ0n) is 7.47. The van der Waals surface area contributed by atoms with Crippen molar-refractivity contribution in [2.75, 3.05) is 18.5 Å². The molecule has 11 heavy (non-hydrogen) atoms. The van der Waals surface area contributed by atoms with Gasteiger partial charge in [0.1, 0.15) is 0 Å². The van der Waals surface area contributed by atoms with Gasteiger partial charge < -0.3 is 4.57 Å². The van der Waals surface area contributed by atoms with Crippen LogP contribution >= 0.6 is 7.14 Å². The second-order valence-electron chi connectivity index (χ2n) is 3.53. The molecule has 1 heterocycles. The van der Waals surface area contributed by atoms with Crippen molar-refractivity contribution < 1.29 is 4.57 Å². The van der Waals surface area contributed by atoms with Gasteiger partial charge in [0.05, 0.1) is 7.14 Å². The van der Waals surface area contributed by atoms with Gasteiger partial charge in [-0.15, -0.1) is 0 Å². The first kappa shape index (κ1) is 9.06. The lowest BCUT2D eigenvalue weighted by Crippen LogP contribution is -1.92. The Morgan fingerprint density at radius 1 is 1.64 bits per heavy atom. The summed E-state index contributed by atoms with van der Waals surface area (Å²) in [6.45, 7) is 4.24. The molecule has 0 spiro atoms. The molecule has 1 aliphatic heterocycles. The maximum atomic E-state index is 11.9. The van der Waals surface area contributed by atoms with Crippen LogP contribution in [0, 0.1) is 0 Å². The summed E-state index contributed by atoms with van der Waals surface area (Å²) in [6, 6.07) is 0. The highest BCUT2D eigenvalue weighted by atomic mass is 31.2. The standard InChI is InChI=1S/C9H17OP/c1-3-4-6-11(10)7-5-9(2)8-11/h5H,3-4,6-8H2,1-2H3/t11-/m0/s1. The van der Waals surface area contributed by atoms with Crippen molar-refractivity contribution in [1.82, 2.24) is 0 Å². The molecule has 1 aliphatic rings. The predicted octanol–water partition coefficient (Wildman–Crippen LogP) is 3.11. The average Bonchev–Trinajstić information content (AvgIpc) is 2.28. The summed E-state index contributed by atoms with van der Waals surface area (Å²) in [7, 11) is -1.74.